The monoisotopic (exact) mass is 1140 g/mol. The van der Waals surface area contributed by atoms with Crippen molar-refractivity contribution in [3.05, 3.63) is 409 Å². The van der Waals surface area contributed by atoms with Crippen LogP contribution in [0.15, 0.2) is 365 Å². The van der Waals surface area contributed by atoms with Crippen molar-refractivity contribution in [2.75, 3.05) is 9.80 Å². The Morgan fingerprint density at radius 3 is 0.944 bits per heavy atom. The van der Waals surface area contributed by atoms with Gasteiger partial charge in [0.2, 0.25) is 0 Å². The molecule has 0 unspecified atom stereocenters. The second-order valence-corrected chi connectivity index (χ2v) is 23.3. The van der Waals surface area contributed by atoms with Gasteiger partial charge < -0.3 is 9.80 Å². The van der Waals surface area contributed by atoms with Gasteiger partial charge in [-0.2, -0.15) is 0 Å². The van der Waals surface area contributed by atoms with E-state index in [1.807, 2.05) is 13.0 Å². The summed E-state index contributed by atoms with van der Waals surface area (Å²) in [4.78, 5) is 4.90. The molecule has 2 heteroatoms. The first kappa shape index (κ1) is 54.3. The third-order valence-electron chi connectivity index (χ3n) is 18.7. The minimum absolute atomic E-state index is 0.482. The highest BCUT2D eigenvalue weighted by Crippen LogP contribution is 2.58. The smallest absolute Gasteiger partial charge is 0.0713 e. The fourth-order valence-electron chi connectivity index (χ4n) is 14.8. The molecule has 14 aromatic rings. The molecule has 2 nitrogen and oxygen atoms in total. The van der Waals surface area contributed by atoms with Gasteiger partial charge in [0.25, 0.3) is 0 Å². The molecular formula is C87H64N2. The molecule has 0 aromatic heterocycles. The predicted octanol–water partition coefficient (Wildman–Crippen LogP) is 23.1. The number of hydrogen-bond donors (Lipinski definition) is 0. The zero-order valence-corrected chi connectivity index (χ0v) is 49.8. The Morgan fingerprint density at radius 2 is 0.607 bits per heavy atom. The Morgan fingerprint density at radius 1 is 0.315 bits per heavy atom. The Balaban J connectivity index is 0.000000686. The van der Waals surface area contributed by atoms with E-state index in [1.165, 1.54) is 99.1 Å². The molecule has 2 aliphatic rings. The van der Waals surface area contributed by atoms with E-state index in [9.17, 15) is 0 Å². The Hall–Kier alpha value is -11.3. The number of benzene rings is 14. The predicted molar refractivity (Wildman–Crippen MR) is 377 cm³/mol. The SMILES string of the molecule is C=C/C=C(\C)C(=C)C=C.c1ccc(N(c2ccc(C3(c4ccccc4)c4ccccc4-c4ccccc43)cc2)c2ccc3ccc4c(N(c5ccccc5)c5ccc(C6(c7ccccc7)c7ccccc7-c7ccccc76)cc5)ccc5ccc2c3c54)cc1. The summed E-state index contributed by atoms with van der Waals surface area (Å²) in [6, 6.07) is 117. The first-order chi connectivity index (χ1) is 43.9. The summed E-state index contributed by atoms with van der Waals surface area (Å²) in [5.41, 5.74) is 23.1. The average Bonchev–Trinajstić information content (AvgIpc) is 1.86. The summed E-state index contributed by atoms with van der Waals surface area (Å²) >= 11 is 0. The van der Waals surface area contributed by atoms with E-state index in [0.29, 0.717) is 0 Å². The van der Waals surface area contributed by atoms with Crippen molar-refractivity contribution in [1.82, 2.24) is 0 Å². The summed E-state index contributed by atoms with van der Waals surface area (Å²) in [5, 5.41) is 7.33. The normalized spacial score (nSPS) is 13.2. The molecule has 0 radical (unpaired) electrons. The van der Waals surface area contributed by atoms with Crippen LogP contribution in [0.4, 0.5) is 34.1 Å². The highest BCUT2D eigenvalue weighted by molar-refractivity contribution is 6.28. The lowest BCUT2D eigenvalue weighted by Crippen LogP contribution is -2.28. The van der Waals surface area contributed by atoms with E-state index in [2.05, 4.69) is 345 Å². The van der Waals surface area contributed by atoms with Crippen molar-refractivity contribution in [1.29, 1.82) is 0 Å². The van der Waals surface area contributed by atoms with Crippen molar-refractivity contribution in [3.63, 3.8) is 0 Å². The molecule has 0 N–H and O–H groups in total. The van der Waals surface area contributed by atoms with Crippen LogP contribution >= 0.6 is 0 Å². The highest BCUT2D eigenvalue weighted by atomic mass is 15.1. The van der Waals surface area contributed by atoms with Gasteiger partial charge in [-0.25, -0.2) is 0 Å². The van der Waals surface area contributed by atoms with Crippen LogP contribution in [-0.2, 0) is 10.8 Å². The van der Waals surface area contributed by atoms with Crippen LogP contribution in [0.3, 0.4) is 0 Å². The van der Waals surface area contributed by atoms with Gasteiger partial charge in [0, 0.05) is 33.5 Å². The first-order valence-corrected chi connectivity index (χ1v) is 30.7. The number of allylic oxidation sites excluding steroid dienone is 5. The van der Waals surface area contributed by atoms with Gasteiger partial charge in [0.05, 0.1) is 22.2 Å². The Bertz CT molecular complexity index is 4610. The van der Waals surface area contributed by atoms with Crippen molar-refractivity contribution in [2.24, 2.45) is 0 Å². The number of anilines is 6. The molecule has 0 spiro atoms. The summed E-state index contributed by atoms with van der Waals surface area (Å²) in [7, 11) is 0. The van der Waals surface area contributed by atoms with Crippen LogP contribution in [-0.4, -0.2) is 0 Å². The second kappa shape index (κ2) is 22.5. The Kier molecular flexibility index (Phi) is 13.7. The minimum Gasteiger partial charge on any atom is -0.310 e. The van der Waals surface area contributed by atoms with Gasteiger partial charge >= 0.3 is 0 Å². The Labute approximate surface area is 522 Å². The zero-order valence-electron chi connectivity index (χ0n) is 49.8. The fraction of sp³-hybridized carbons (Fsp3) is 0.0345. The molecule has 89 heavy (non-hydrogen) atoms. The number of nitrogens with zero attached hydrogens (tertiary/aromatic N) is 2. The summed E-state index contributed by atoms with van der Waals surface area (Å²) in [5.74, 6) is 0. The van der Waals surface area contributed by atoms with Crippen molar-refractivity contribution in [3.8, 4) is 22.3 Å². The van der Waals surface area contributed by atoms with Gasteiger partial charge in [-0.1, -0.05) is 293 Å². The number of rotatable bonds is 13. The van der Waals surface area contributed by atoms with E-state index in [0.717, 1.165) is 45.3 Å². The van der Waals surface area contributed by atoms with E-state index in [4.69, 9.17) is 0 Å². The van der Waals surface area contributed by atoms with E-state index in [-0.39, 0.29) is 0 Å². The van der Waals surface area contributed by atoms with Crippen LogP contribution in [0.5, 0.6) is 0 Å². The lowest BCUT2D eigenvalue weighted by molar-refractivity contribution is 0.768. The standard InChI is InChI=1S/C78H52N2.C9H12/c1-5-21-55(22-6-1)77(69-33-17-13-29-63(69)64-30-14-18-34-70(64)77)57-41-45-61(46-42-57)79(59-25-9-3-10-26-59)73-51-39-53-38-50-68-74(52-40-54-37-49-67(73)75(53)76(54)68)80(60-27-11-4-12-28-60)62-47-43-58(44-48-62)78(56-23-7-2-8-24-56)71-35-19-15-31-65(71)66-32-16-20-36-72(66)78;1-5-7-9(4)8(3)6-2/h1-52H;5-7H,1-3H2,4H3/b;9-7+. The lowest BCUT2D eigenvalue weighted by Gasteiger charge is -2.34. The molecule has 0 heterocycles. The van der Waals surface area contributed by atoms with Gasteiger partial charge in [-0.15, -0.1) is 0 Å². The van der Waals surface area contributed by atoms with Crippen LogP contribution in [0.25, 0.3) is 54.6 Å². The maximum atomic E-state index is 3.76. The van der Waals surface area contributed by atoms with Gasteiger partial charge in [0.1, 0.15) is 0 Å². The summed E-state index contributed by atoms with van der Waals surface area (Å²) < 4.78 is 0. The molecular weight excluding hydrogens is 1070 g/mol. The van der Waals surface area contributed by atoms with E-state index >= 15 is 0 Å². The highest BCUT2D eigenvalue weighted by Gasteiger charge is 2.47. The molecule has 0 saturated carbocycles. The molecule has 14 aromatic carbocycles. The molecule has 0 aliphatic heterocycles. The van der Waals surface area contributed by atoms with Crippen LogP contribution in [0.2, 0.25) is 0 Å². The van der Waals surface area contributed by atoms with E-state index < -0.39 is 10.8 Å². The number of para-hydroxylation sites is 2. The lowest BCUT2D eigenvalue weighted by atomic mass is 9.68. The minimum atomic E-state index is -0.482. The van der Waals surface area contributed by atoms with Crippen molar-refractivity contribution in [2.45, 2.75) is 17.8 Å². The van der Waals surface area contributed by atoms with Crippen molar-refractivity contribution >= 4 is 66.4 Å². The average molecular weight is 1140 g/mol. The molecule has 422 valence electrons. The molecule has 0 fully saturated rings. The second-order valence-electron chi connectivity index (χ2n) is 23.3. The van der Waals surface area contributed by atoms with Gasteiger partial charge in [0.15, 0.2) is 0 Å². The summed E-state index contributed by atoms with van der Waals surface area (Å²) in [6.45, 7) is 12.9. The third kappa shape index (κ3) is 8.70. The van der Waals surface area contributed by atoms with Gasteiger partial charge in [-0.3, -0.25) is 0 Å². The molecule has 0 bridgehead atoms. The fourth-order valence-corrected chi connectivity index (χ4v) is 14.8. The first-order valence-electron chi connectivity index (χ1n) is 30.7. The van der Waals surface area contributed by atoms with Crippen LogP contribution < -0.4 is 9.80 Å². The maximum absolute atomic E-state index is 3.76. The van der Waals surface area contributed by atoms with Crippen LogP contribution in [0, 0.1) is 0 Å². The largest absolute Gasteiger partial charge is 0.310 e. The quantitative estimate of drug-likeness (QED) is 0.0839. The third-order valence-corrected chi connectivity index (χ3v) is 18.7. The molecule has 16 rings (SSSR count). The number of fused-ring (bicyclic) bond motifs is 6. The van der Waals surface area contributed by atoms with Crippen LogP contribution in [0.1, 0.15) is 51.4 Å². The number of hydrogen-bond acceptors (Lipinski definition) is 2. The van der Waals surface area contributed by atoms with E-state index in [1.54, 1.807) is 12.2 Å². The molecule has 0 atom stereocenters. The zero-order chi connectivity index (χ0) is 60.1. The van der Waals surface area contributed by atoms with Gasteiger partial charge in [-0.05, 0) is 167 Å². The topological polar surface area (TPSA) is 6.48 Å². The summed E-state index contributed by atoms with van der Waals surface area (Å²) in [6.07, 6.45) is 5.38. The van der Waals surface area contributed by atoms with Crippen molar-refractivity contribution < 1.29 is 0 Å². The molecule has 2 aliphatic carbocycles. The molecule has 0 saturated heterocycles. The molecule has 0 amide bonds. The maximum Gasteiger partial charge on any atom is 0.0713 e.